The SMILES string of the molecule is CCN(CC)C(=O)Oc1cc(F)ccc1/C=C(\C=O)SC(=N)N1CCCCN1. The van der Waals surface area contributed by atoms with Crippen LogP contribution in [0.1, 0.15) is 32.3 Å². The highest BCUT2D eigenvalue weighted by molar-refractivity contribution is 8.17. The highest BCUT2D eigenvalue weighted by Gasteiger charge is 2.17. The number of carbonyl (C=O) groups excluding carboxylic acids is 2. The smallest absolute Gasteiger partial charge is 0.409 e. The number of amides is 1. The predicted octanol–water partition coefficient (Wildman–Crippen LogP) is 3.47. The lowest BCUT2D eigenvalue weighted by atomic mass is 10.2. The molecule has 28 heavy (non-hydrogen) atoms. The second-order valence-electron chi connectivity index (χ2n) is 6.06. The number of aldehydes is 1. The van der Waals surface area contributed by atoms with Gasteiger partial charge in [-0.2, -0.15) is 0 Å². The summed E-state index contributed by atoms with van der Waals surface area (Å²) in [6.45, 7) is 6.04. The first kappa shape index (κ1) is 21.9. The Morgan fingerprint density at radius 3 is 2.75 bits per heavy atom. The number of benzene rings is 1. The Labute approximate surface area is 168 Å². The van der Waals surface area contributed by atoms with E-state index in [1.165, 1.54) is 23.1 Å². The van der Waals surface area contributed by atoms with Crippen LogP contribution < -0.4 is 10.2 Å². The van der Waals surface area contributed by atoms with Crippen molar-refractivity contribution in [1.82, 2.24) is 15.3 Å². The number of hydrazine groups is 1. The number of rotatable bonds is 6. The molecule has 152 valence electrons. The Morgan fingerprint density at radius 1 is 1.39 bits per heavy atom. The lowest BCUT2D eigenvalue weighted by Gasteiger charge is -2.29. The van der Waals surface area contributed by atoms with Crippen molar-refractivity contribution in [3.8, 4) is 5.75 Å². The Kier molecular flexibility index (Phi) is 8.46. The summed E-state index contributed by atoms with van der Waals surface area (Å²) in [5, 5.41) is 10.1. The van der Waals surface area contributed by atoms with Gasteiger partial charge in [-0.15, -0.1) is 0 Å². The highest BCUT2D eigenvalue weighted by atomic mass is 32.2. The minimum atomic E-state index is -0.587. The number of halogens is 1. The van der Waals surface area contributed by atoms with Gasteiger partial charge >= 0.3 is 6.09 Å². The van der Waals surface area contributed by atoms with Crippen LogP contribution >= 0.6 is 11.8 Å². The number of nitrogens with zero attached hydrogens (tertiary/aromatic N) is 2. The number of thioether (sulfide) groups is 1. The standard InChI is InChI=1S/C19H25FN4O3S/c1-3-23(4-2)19(26)27-17-12-15(20)8-7-14(17)11-16(13-25)28-18(21)24-10-6-5-9-22-24/h7-8,11-13,21-22H,3-6,9-10H2,1-2H3/b16-11+,21-18?. The summed E-state index contributed by atoms with van der Waals surface area (Å²) in [5.74, 6) is -0.524. The largest absolute Gasteiger partial charge is 0.415 e. The molecule has 0 atom stereocenters. The predicted molar refractivity (Wildman–Crippen MR) is 109 cm³/mol. The molecule has 0 aromatic heterocycles. The fraction of sp³-hybridized carbons (Fsp3) is 0.421. The molecule has 1 aromatic rings. The number of amidine groups is 1. The van der Waals surface area contributed by atoms with Crippen LogP contribution in [0.25, 0.3) is 6.08 Å². The van der Waals surface area contributed by atoms with E-state index in [2.05, 4.69) is 5.43 Å². The minimum Gasteiger partial charge on any atom is -0.409 e. The van der Waals surface area contributed by atoms with Crippen molar-refractivity contribution in [2.45, 2.75) is 26.7 Å². The van der Waals surface area contributed by atoms with Gasteiger partial charge in [-0.25, -0.2) is 14.6 Å². The van der Waals surface area contributed by atoms with Gasteiger partial charge in [-0.05, 0) is 56.7 Å². The van der Waals surface area contributed by atoms with Crippen LogP contribution in [0.2, 0.25) is 0 Å². The molecular formula is C19H25FN4O3S. The first-order chi connectivity index (χ1) is 13.5. The summed E-state index contributed by atoms with van der Waals surface area (Å²) < 4.78 is 19.0. The molecule has 0 spiro atoms. The van der Waals surface area contributed by atoms with Gasteiger partial charge in [0.1, 0.15) is 11.6 Å². The third-order valence-corrected chi connectivity index (χ3v) is 5.04. The van der Waals surface area contributed by atoms with Gasteiger partial charge in [0, 0.05) is 37.8 Å². The average Bonchev–Trinajstić information content (AvgIpc) is 2.70. The quantitative estimate of drug-likeness (QED) is 0.324. The third kappa shape index (κ3) is 6.07. The van der Waals surface area contributed by atoms with E-state index in [1.807, 2.05) is 13.8 Å². The number of ether oxygens (including phenoxy) is 1. The van der Waals surface area contributed by atoms with Crippen LogP contribution in [-0.2, 0) is 4.79 Å². The van der Waals surface area contributed by atoms with Crippen molar-refractivity contribution in [2.24, 2.45) is 0 Å². The van der Waals surface area contributed by atoms with E-state index in [0.29, 0.717) is 31.5 Å². The molecule has 0 bridgehead atoms. The first-order valence-corrected chi connectivity index (χ1v) is 10.0. The van der Waals surface area contributed by atoms with E-state index in [9.17, 15) is 14.0 Å². The molecule has 0 saturated carbocycles. The van der Waals surface area contributed by atoms with Gasteiger partial charge in [0.25, 0.3) is 0 Å². The summed E-state index contributed by atoms with van der Waals surface area (Å²) in [6.07, 6.45) is 3.54. The van der Waals surface area contributed by atoms with E-state index < -0.39 is 11.9 Å². The molecule has 2 N–H and O–H groups in total. The topological polar surface area (TPSA) is 85.7 Å². The molecule has 0 aliphatic carbocycles. The molecule has 0 radical (unpaired) electrons. The number of nitrogens with one attached hydrogen (secondary N) is 2. The van der Waals surface area contributed by atoms with Crippen LogP contribution in [0.3, 0.4) is 0 Å². The van der Waals surface area contributed by atoms with Gasteiger partial charge < -0.3 is 9.64 Å². The number of hydrogen-bond donors (Lipinski definition) is 2. The second kappa shape index (κ2) is 10.8. The lowest BCUT2D eigenvalue weighted by Crippen LogP contribution is -2.45. The summed E-state index contributed by atoms with van der Waals surface area (Å²) >= 11 is 0.988. The summed E-state index contributed by atoms with van der Waals surface area (Å²) in [5.41, 5.74) is 3.49. The molecule has 1 aliphatic heterocycles. The van der Waals surface area contributed by atoms with Crippen molar-refractivity contribution >= 4 is 35.4 Å². The minimum absolute atomic E-state index is 0.0273. The maximum Gasteiger partial charge on any atom is 0.415 e. The van der Waals surface area contributed by atoms with Crippen molar-refractivity contribution in [3.05, 3.63) is 34.5 Å². The van der Waals surface area contributed by atoms with Gasteiger partial charge in [0.15, 0.2) is 11.5 Å². The highest BCUT2D eigenvalue weighted by Crippen LogP contribution is 2.27. The van der Waals surface area contributed by atoms with Crippen molar-refractivity contribution in [2.75, 3.05) is 26.2 Å². The average molecular weight is 408 g/mol. The van der Waals surface area contributed by atoms with E-state index in [0.717, 1.165) is 37.2 Å². The maximum atomic E-state index is 13.7. The van der Waals surface area contributed by atoms with E-state index in [1.54, 1.807) is 5.01 Å². The number of hydrogen-bond acceptors (Lipinski definition) is 6. The van der Waals surface area contributed by atoms with Crippen molar-refractivity contribution in [1.29, 1.82) is 5.41 Å². The zero-order valence-electron chi connectivity index (χ0n) is 16.0. The second-order valence-corrected chi connectivity index (χ2v) is 7.12. The van der Waals surface area contributed by atoms with E-state index in [-0.39, 0.29) is 15.8 Å². The molecular weight excluding hydrogens is 383 g/mol. The van der Waals surface area contributed by atoms with Gasteiger partial charge in [-0.1, -0.05) is 0 Å². The van der Waals surface area contributed by atoms with Crippen molar-refractivity contribution in [3.63, 3.8) is 0 Å². The van der Waals surface area contributed by atoms with Crippen LogP contribution in [0.4, 0.5) is 9.18 Å². The molecule has 0 unspecified atom stereocenters. The van der Waals surface area contributed by atoms with Gasteiger partial charge in [0.05, 0.1) is 4.91 Å². The first-order valence-electron chi connectivity index (χ1n) is 9.19. The van der Waals surface area contributed by atoms with Crippen LogP contribution in [-0.4, -0.2) is 53.6 Å². The van der Waals surface area contributed by atoms with Crippen molar-refractivity contribution < 1.29 is 18.7 Å². The fourth-order valence-electron chi connectivity index (χ4n) is 2.63. The molecule has 2 rings (SSSR count). The summed E-state index contributed by atoms with van der Waals surface area (Å²) in [4.78, 5) is 25.4. The monoisotopic (exact) mass is 408 g/mol. The molecule has 1 fully saturated rings. The normalized spacial score (nSPS) is 14.5. The van der Waals surface area contributed by atoms with Crippen LogP contribution in [0.15, 0.2) is 23.1 Å². The van der Waals surface area contributed by atoms with Gasteiger partial charge in [0.2, 0.25) is 0 Å². The number of allylic oxidation sites excluding steroid dienone is 1. The Balaban J connectivity index is 2.20. The lowest BCUT2D eigenvalue weighted by molar-refractivity contribution is -0.104. The molecule has 1 amide bonds. The molecule has 9 heteroatoms. The summed E-state index contributed by atoms with van der Waals surface area (Å²) in [6, 6.07) is 3.77. The summed E-state index contributed by atoms with van der Waals surface area (Å²) in [7, 11) is 0. The maximum absolute atomic E-state index is 13.7. The van der Waals surface area contributed by atoms with E-state index in [4.69, 9.17) is 10.1 Å². The Hall–Kier alpha value is -2.39. The zero-order chi connectivity index (χ0) is 20.5. The Bertz CT molecular complexity index is 747. The van der Waals surface area contributed by atoms with E-state index >= 15 is 0 Å². The third-order valence-electron chi connectivity index (χ3n) is 4.18. The molecule has 1 heterocycles. The molecule has 1 saturated heterocycles. The molecule has 1 aromatic carbocycles. The number of carbonyl (C=O) groups is 2. The fourth-order valence-corrected chi connectivity index (χ4v) is 3.35. The molecule has 1 aliphatic rings. The Morgan fingerprint density at radius 2 is 2.14 bits per heavy atom. The van der Waals surface area contributed by atoms with Crippen LogP contribution in [0.5, 0.6) is 5.75 Å². The molecule has 7 nitrogen and oxygen atoms in total. The van der Waals surface area contributed by atoms with Crippen LogP contribution in [0, 0.1) is 11.2 Å². The zero-order valence-corrected chi connectivity index (χ0v) is 16.9. The van der Waals surface area contributed by atoms with Gasteiger partial charge in [-0.3, -0.25) is 15.2 Å².